The monoisotopic (exact) mass is 367 g/mol. The first-order chi connectivity index (χ1) is 13.1. The second kappa shape index (κ2) is 8.71. The van der Waals surface area contributed by atoms with E-state index >= 15 is 0 Å². The van der Waals surface area contributed by atoms with E-state index in [9.17, 15) is 9.59 Å². The third kappa shape index (κ3) is 5.09. The lowest BCUT2D eigenvalue weighted by molar-refractivity contribution is -0.145. The van der Waals surface area contributed by atoms with Crippen molar-refractivity contribution in [1.82, 2.24) is 4.90 Å². The van der Waals surface area contributed by atoms with Crippen molar-refractivity contribution in [3.8, 4) is 5.75 Å². The summed E-state index contributed by atoms with van der Waals surface area (Å²) in [7, 11) is 1.37. The Morgan fingerprint density at radius 1 is 1.07 bits per heavy atom. The number of methoxy groups -OCH3 is 1. The maximum Gasteiger partial charge on any atom is 0.310 e. The molecule has 0 spiro atoms. The van der Waals surface area contributed by atoms with Gasteiger partial charge in [0.05, 0.1) is 13.0 Å². The van der Waals surface area contributed by atoms with Crippen LogP contribution in [0.15, 0.2) is 54.6 Å². The molecular formula is C22H25NO4. The van der Waals surface area contributed by atoms with Gasteiger partial charge in [0, 0.05) is 18.2 Å². The molecule has 0 bridgehead atoms. The lowest BCUT2D eigenvalue weighted by atomic mass is 10.1. The highest BCUT2D eigenvalue weighted by atomic mass is 16.5. The summed E-state index contributed by atoms with van der Waals surface area (Å²) in [5, 5.41) is 0. The lowest BCUT2D eigenvalue weighted by Crippen LogP contribution is -2.38. The normalized spacial score (nSPS) is 14.3. The van der Waals surface area contributed by atoms with Crippen LogP contribution in [0.5, 0.6) is 5.75 Å². The van der Waals surface area contributed by atoms with Crippen molar-refractivity contribution in [2.45, 2.75) is 32.4 Å². The Morgan fingerprint density at radius 2 is 1.74 bits per heavy atom. The number of carbonyl (C=O) groups is 2. The number of ether oxygens (including phenoxy) is 2. The van der Waals surface area contributed by atoms with E-state index in [4.69, 9.17) is 9.47 Å². The molecule has 0 radical (unpaired) electrons. The summed E-state index contributed by atoms with van der Waals surface area (Å²) in [4.78, 5) is 26.4. The Bertz CT molecular complexity index is 769. The van der Waals surface area contributed by atoms with Gasteiger partial charge >= 0.3 is 5.97 Å². The van der Waals surface area contributed by atoms with Crippen molar-refractivity contribution in [3.05, 3.63) is 65.7 Å². The summed E-state index contributed by atoms with van der Waals surface area (Å²) in [5.74, 6) is 0.0327. The number of esters is 1. The number of nitrogens with zero attached hydrogens (tertiary/aromatic N) is 1. The van der Waals surface area contributed by atoms with Gasteiger partial charge in [-0.1, -0.05) is 37.3 Å². The highest BCUT2D eigenvalue weighted by Crippen LogP contribution is 2.29. The van der Waals surface area contributed by atoms with Gasteiger partial charge in [0.2, 0.25) is 0 Å². The van der Waals surface area contributed by atoms with Crippen LogP contribution in [0.1, 0.15) is 35.7 Å². The molecule has 1 atom stereocenters. The minimum Gasteiger partial charge on any atom is -0.489 e. The van der Waals surface area contributed by atoms with Gasteiger partial charge in [-0.25, -0.2) is 0 Å². The van der Waals surface area contributed by atoms with Gasteiger partial charge in [-0.3, -0.25) is 9.59 Å². The van der Waals surface area contributed by atoms with Crippen LogP contribution in [0.4, 0.5) is 0 Å². The Labute approximate surface area is 159 Å². The van der Waals surface area contributed by atoms with Crippen molar-refractivity contribution in [3.63, 3.8) is 0 Å². The van der Waals surface area contributed by atoms with E-state index in [1.165, 1.54) is 7.11 Å². The fraction of sp³-hybridized carbons (Fsp3) is 0.364. The minimum absolute atomic E-state index is 0.0529. The van der Waals surface area contributed by atoms with E-state index in [2.05, 4.69) is 0 Å². The molecule has 1 unspecified atom stereocenters. The molecule has 0 N–H and O–H groups in total. The first kappa shape index (κ1) is 19.0. The maximum atomic E-state index is 12.9. The van der Waals surface area contributed by atoms with Gasteiger partial charge in [-0.2, -0.15) is 0 Å². The number of hydrogen-bond donors (Lipinski definition) is 0. The summed E-state index contributed by atoms with van der Waals surface area (Å²) >= 11 is 0. The highest BCUT2D eigenvalue weighted by molar-refractivity contribution is 5.95. The van der Waals surface area contributed by atoms with E-state index in [-0.39, 0.29) is 23.8 Å². The SMILES string of the molecule is COC(=O)C(C)CN(C(=O)c1ccc(OCc2ccccc2)cc1)C1CC1. The molecule has 0 saturated heterocycles. The Balaban J connectivity index is 1.62. The maximum absolute atomic E-state index is 12.9. The van der Waals surface area contributed by atoms with Gasteiger partial charge < -0.3 is 14.4 Å². The Morgan fingerprint density at radius 3 is 2.33 bits per heavy atom. The molecule has 1 aliphatic carbocycles. The molecule has 5 nitrogen and oxygen atoms in total. The quantitative estimate of drug-likeness (QED) is 0.668. The van der Waals surface area contributed by atoms with E-state index in [0.717, 1.165) is 24.2 Å². The number of amides is 1. The average Bonchev–Trinajstić information content (AvgIpc) is 3.55. The molecule has 2 aromatic rings. The molecule has 27 heavy (non-hydrogen) atoms. The van der Waals surface area contributed by atoms with Crippen LogP contribution >= 0.6 is 0 Å². The molecular weight excluding hydrogens is 342 g/mol. The molecule has 3 rings (SSSR count). The number of hydrogen-bond acceptors (Lipinski definition) is 4. The first-order valence-corrected chi connectivity index (χ1v) is 9.24. The standard InChI is InChI=1S/C22H25NO4/c1-16(22(25)26-2)14-23(19-10-11-19)21(24)18-8-12-20(13-9-18)27-15-17-6-4-3-5-7-17/h3-9,12-13,16,19H,10-11,14-15H2,1-2H3. The van der Waals surface area contributed by atoms with E-state index in [1.807, 2.05) is 42.5 Å². The molecule has 1 saturated carbocycles. The van der Waals surface area contributed by atoms with Crippen LogP contribution in [-0.2, 0) is 16.1 Å². The van der Waals surface area contributed by atoms with Crippen LogP contribution in [0.2, 0.25) is 0 Å². The predicted molar refractivity (Wildman–Crippen MR) is 102 cm³/mol. The highest BCUT2D eigenvalue weighted by Gasteiger charge is 2.35. The van der Waals surface area contributed by atoms with Crippen molar-refractivity contribution in [1.29, 1.82) is 0 Å². The molecule has 5 heteroatoms. The zero-order valence-electron chi connectivity index (χ0n) is 15.8. The smallest absolute Gasteiger partial charge is 0.310 e. The largest absolute Gasteiger partial charge is 0.489 e. The zero-order valence-corrected chi connectivity index (χ0v) is 15.8. The molecule has 0 aromatic heterocycles. The zero-order chi connectivity index (χ0) is 19.2. The summed E-state index contributed by atoms with van der Waals surface area (Å²) in [6.45, 7) is 2.65. The first-order valence-electron chi connectivity index (χ1n) is 9.24. The number of rotatable bonds is 8. The van der Waals surface area contributed by atoms with E-state index < -0.39 is 0 Å². The van der Waals surface area contributed by atoms with Gasteiger partial charge in [0.15, 0.2) is 0 Å². The summed E-state index contributed by atoms with van der Waals surface area (Å²) < 4.78 is 10.6. The van der Waals surface area contributed by atoms with Gasteiger partial charge in [0.1, 0.15) is 12.4 Å². The third-order valence-corrected chi connectivity index (χ3v) is 4.67. The molecule has 0 heterocycles. The van der Waals surface area contributed by atoms with E-state index in [1.54, 1.807) is 24.0 Å². The lowest BCUT2D eigenvalue weighted by Gasteiger charge is -2.25. The molecule has 2 aromatic carbocycles. The number of carbonyl (C=O) groups excluding carboxylic acids is 2. The molecule has 142 valence electrons. The Hall–Kier alpha value is -2.82. The minimum atomic E-state index is -0.340. The van der Waals surface area contributed by atoms with Crippen LogP contribution < -0.4 is 4.74 Å². The summed E-state index contributed by atoms with van der Waals surface area (Å²) in [6, 6.07) is 17.3. The number of benzene rings is 2. The molecule has 1 amide bonds. The second-order valence-electron chi connectivity index (χ2n) is 6.91. The van der Waals surface area contributed by atoms with E-state index in [0.29, 0.717) is 18.7 Å². The molecule has 0 aliphatic heterocycles. The molecule has 1 fully saturated rings. The van der Waals surface area contributed by atoms with Gasteiger partial charge in [-0.05, 0) is 42.7 Å². The van der Waals surface area contributed by atoms with Crippen LogP contribution in [0.3, 0.4) is 0 Å². The van der Waals surface area contributed by atoms with Gasteiger partial charge in [0.25, 0.3) is 5.91 Å². The average molecular weight is 367 g/mol. The van der Waals surface area contributed by atoms with Crippen molar-refractivity contribution in [2.75, 3.05) is 13.7 Å². The fourth-order valence-electron chi connectivity index (χ4n) is 2.96. The fourth-order valence-corrected chi connectivity index (χ4v) is 2.96. The van der Waals surface area contributed by atoms with Crippen molar-refractivity contribution < 1.29 is 19.1 Å². The van der Waals surface area contributed by atoms with Crippen molar-refractivity contribution >= 4 is 11.9 Å². The molecule has 1 aliphatic rings. The topological polar surface area (TPSA) is 55.8 Å². The van der Waals surface area contributed by atoms with Gasteiger partial charge in [-0.15, -0.1) is 0 Å². The van der Waals surface area contributed by atoms with Crippen LogP contribution in [0.25, 0.3) is 0 Å². The summed E-state index contributed by atoms with van der Waals surface area (Å²) in [6.07, 6.45) is 1.97. The Kier molecular flexibility index (Phi) is 6.12. The van der Waals surface area contributed by atoms with Crippen molar-refractivity contribution in [2.24, 2.45) is 5.92 Å². The second-order valence-corrected chi connectivity index (χ2v) is 6.91. The predicted octanol–water partition coefficient (Wildman–Crippen LogP) is 3.68. The van der Waals surface area contributed by atoms with Crippen LogP contribution in [-0.4, -0.2) is 36.5 Å². The van der Waals surface area contributed by atoms with Crippen LogP contribution in [0, 0.1) is 5.92 Å². The summed E-state index contributed by atoms with van der Waals surface area (Å²) in [5.41, 5.74) is 1.69. The third-order valence-electron chi connectivity index (χ3n) is 4.67.